The van der Waals surface area contributed by atoms with Gasteiger partial charge in [0.15, 0.2) is 5.96 Å². The highest BCUT2D eigenvalue weighted by molar-refractivity contribution is 14.0. The van der Waals surface area contributed by atoms with Gasteiger partial charge in [0, 0.05) is 20.1 Å². The smallest absolute Gasteiger partial charge is 0.252 e. The molecule has 0 spiro atoms. The summed E-state index contributed by atoms with van der Waals surface area (Å²) in [6.45, 7) is 3.09. The molecule has 5 nitrogen and oxygen atoms in total. The van der Waals surface area contributed by atoms with Gasteiger partial charge in [-0.25, -0.2) is 0 Å². The van der Waals surface area contributed by atoms with Crippen molar-refractivity contribution in [3.8, 4) is 0 Å². The number of benzene rings is 2. The molecule has 26 heavy (non-hydrogen) atoms. The lowest BCUT2D eigenvalue weighted by atomic mass is 10.1. The molecule has 0 aliphatic heterocycles. The van der Waals surface area contributed by atoms with Crippen LogP contribution in [0.15, 0.2) is 59.6 Å². The van der Waals surface area contributed by atoms with E-state index in [2.05, 4.69) is 40.0 Å². The number of carbonyl (C=O) groups excluding carboxylic acids is 1. The van der Waals surface area contributed by atoms with Crippen LogP contribution in [0.2, 0.25) is 5.02 Å². The van der Waals surface area contributed by atoms with Crippen molar-refractivity contribution in [2.45, 2.75) is 13.0 Å². The van der Waals surface area contributed by atoms with E-state index in [0.717, 1.165) is 0 Å². The molecule has 0 radical (unpaired) electrons. The molecule has 1 atom stereocenters. The maximum Gasteiger partial charge on any atom is 0.252 e. The number of nitrogens with zero attached hydrogens (tertiary/aromatic N) is 1. The Hall–Kier alpha value is -1.80. The third kappa shape index (κ3) is 6.84. The number of amides is 1. The second-order valence-electron chi connectivity index (χ2n) is 5.51. The van der Waals surface area contributed by atoms with E-state index in [1.54, 1.807) is 31.3 Å². The van der Waals surface area contributed by atoms with E-state index in [1.165, 1.54) is 5.56 Å². The first kappa shape index (κ1) is 22.2. The Morgan fingerprint density at radius 1 is 1.04 bits per heavy atom. The molecule has 0 aliphatic rings. The fraction of sp³-hybridized carbons (Fsp3) is 0.263. The first-order valence-electron chi connectivity index (χ1n) is 8.16. The molecule has 0 bridgehead atoms. The molecule has 2 aromatic carbocycles. The van der Waals surface area contributed by atoms with Gasteiger partial charge in [-0.1, -0.05) is 54.1 Å². The maximum atomic E-state index is 12.1. The van der Waals surface area contributed by atoms with Gasteiger partial charge in [0.1, 0.15) is 0 Å². The molecule has 140 valence electrons. The minimum atomic E-state index is -0.187. The molecule has 0 fully saturated rings. The van der Waals surface area contributed by atoms with E-state index >= 15 is 0 Å². The van der Waals surface area contributed by atoms with Crippen molar-refractivity contribution in [1.82, 2.24) is 16.0 Å². The van der Waals surface area contributed by atoms with Crippen molar-refractivity contribution >= 4 is 47.4 Å². The number of halogens is 2. The van der Waals surface area contributed by atoms with Crippen molar-refractivity contribution in [2.24, 2.45) is 4.99 Å². The lowest BCUT2D eigenvalue weighted by molar-refractivity contribution is 0.0954. The number of nitrogens with one attached hydrogen (secondary N) is 3. The molecule has 1 amide bonds. The third-order valence-electron chi connectivity index (χ3n) is 3.70. The van der Waals surface area contributed by atoms with Crippen molar-refractivity contribution in [3.05, 3.63) is 70.7 Å². The van der Waals surface area contributed by atoms with Gasteiger partial charge < -0.3 is 16.0 Å². The highest BCUT2D eigenvalue weighted by Gasteiger charge is 2.09. The van der Waals surface area contributed by atoms with Gasteiger partial charge >= 0.3 is 0 Å². The Morgan fingerprint density at radius 3 is 2.31 bits per heavy atom. The van der Waals surface area contributed by atoms with Crippen LogP contribution in [0, 0.1) is 0 Å². The van der Waals surface area contributed by atoms with Gasteiger partial charge in [0.05, 0.1) is 16.6 Å². The number of hydrogen-bond donors (Lipinski definition) is 3. The van der Waals surface area contributed by atoms with E-state index in [-0.39, 0.29) is 35.9 Å². The normalized spacial score (nSPS) is 11.9. The standard InChI is InChI=1S/C19H23ClN4O.HI/c1-14(15-8-4-3-5-9-15)24-19(21-2)23-13-12-22-18(25)16-10-6-7-11-17(16)20;/h3-11,14H,12-13H2,1-2H3,(H,22,25)(H2,21,23,24);1H. The average Bonchev–Trinajstić information content (AvgIpc) is 2.65. The van der Waals surface area contributed by atoms with Crippen molar-refractivity contribution in [1.29, 1.82) is 0 Å². The number of aliphatic imine (C=N–C) groups is 1. The molecule has 2 rings (SSSR count). The molecule has 0 saturated carbocycles. The van der Waals surface area contributed by atoms with Gasteiger partial charge in [0.2, 0.25) is 0 Å². The van der Waals surface area contributed by atoms with Crippen LogP contribution in [0.25, 0.3) is 0 Å². The lowest BCUT2D eigenvalue weighted by Crippen LogP contribution is -2.42. The van der Waals surface area contributed by atoms with E-state index < -0.39 is 0 Å². The topological polar surface area (TPSA) is 65.5 Å². The number of carbonyl (C=O) groups is 1. The van der Waals surface area contributed by atoms with Crippen LogP contribution in [0.1, 0.15) is 28.9 Å². The number of guanidine groups is 1. The summed E-state index contributed by atoms with van der Waals surface area (Å²) in [5, 5.41) is 9.78. The Bertz CT molecular complexity index is 724. The van der Waals surface area contributed by atoms with Crippen LogP contribution in [0.4, 0.5) is 0 Å². The number of rotatable bonds is 6. The van der Waals surface area contributed by atoms with E-state index in [0.29, 0.717) is 29.6 Å². The van der Waals surface area contributed by atoms with Crippen molar-refractivity contribution in [3.63, 3.8) is 0 Å². The van der Waals surface area contributed by atoms with Gasteiger partial charge in [-0.2, -0.15) is 0 Å². The predicted molar refractivity (Wildman–Crippen MR) is 119 cm³/mol. The zero-order valence-corrected chi connectivity index (χ0v) is 17.9. The summed E-state index contributed by atoms with van der Waals surface area (Å²) < 4.78 is 0. The Balaban J connectivity index is 0.00000338. The fourth-order valence-corrected chi connectivity index (χ4v) is 2.54. The highest BCUT2D eigenvalue weighted by Crippen LogP contribution is 2.14. The molecule has 0 heterocycles. The fourth-order valence-electron chi connectivity index (χ4n) is 2.32. The van der Waals surface area contributed by atoms with Crippen molar-refractivity contribution in [2.75, 3.05) is 20.1 Å². The van der Waals surface area contributed by atoms with Gasteiger partial charge in [0.25, 0.3) is 5.91 Å². The zero-order valence-electron chi connectivity index (χ0n) is 14.8. The molecule has 0 saturated heterocycles. The molecule has 3 N–H and O–H groups in total. The molecule has 0 aliphatic carbocycles. The van der Waals surface area contributed by atoms with Crippen LogP contribution in [-0.4, -0.2) is 32.0 Å². The molecule has 0 aromatic heterocycles. The highest BCUT2D eigenvalue weighted by atomic mass is 127. The van der Waals surface area contributed by atoms with Crippen LogP contribution < -0.4 is 16.0 Å². The van der Waals surface area contributed by atoms with Crippen LogP contribution >= 0.6 is 35.6 Å². The molecular weight excluding hydrogens is 463 g/mol. The minimum Gasteiger partial charge on any atom is -0.355 e. The minimum absolute atomic E-state index is 0. The van der Waals surface area contributed by atoms with E-state index in [1.807, 2.05) is 18.2 Å². The van der Waals surface area contributed by atoms with Gasteiger partial charge in [-0.3, -0.25) is 9.79 Å². The van der Waals surface area contributed by atoms with Crippen LogP contribution in [0.3, 0.4) is 0 Å². The first-order chi connectivity index (χ1) is 12.1. The average molecular weight is 487 g/mol. The van der Waals surface area contributed by atoms with Crippen LogP contribution in [0.5, 0.6) is 0 Å². The SMILES string of the molecule is CN=C(NCCNC(=O)c1ccccc1Cl)NC(C)c1ccccc1.I. The summed E-state index contributed by atoms with van der Waals surface area (Å²) >= 11 is 6.01. The largest absolute Gasteiger partial charge is 0.355 e. The first-order valence-corrected chi connectivity index (χ1v) is 8.54. The van der Waals surface area contributed by atoms with E-state index in [4.69, 9.17) is 11.6 Å². The third-order valence-corrected chi connectivity index (χ3v) is 4.03. The second-order valence-corrected chi connectivity index (χ2v) is 5.92. The molecular formula is C19H24ClIN4O. The molecule has 2 aromatic rings. The zero-order chi connectivity index (χ0) is 18.1. The van der Waals surface area contributed by atoms with Crippen molar-refractivity contribution < 1.29 is 4.79 Å². The van der Waals surface area contributed by atoms with Gasteiger partial charge in [-0.15, -0.1) is 24.0 Å². The summed E-state index contributed by atoms with van der Waals surface area (Å²) in [5.74, 6) is 0.497. The Labute approximate surface area is 176 Å². The summed E-state index contributed by atoms with van der Waals surface area (Å²) in [5.41, 5.74) is 1.65. The molecule has 1 unspecified atom stereocenters. The van der Waals surface area contributed by atoms with Crippen LogP contribution in [-0.2, 0) is 0 Å². The summed E-state index contributed by atoms with van der Waals surface area (Å²) in [6.07, 6.45) is 0. The van der Waals surface area contributed by atoms with E-state index in [9.17, 15) is 4.79 Å². The molecule has 7 heteroatoms. The monoisotopic (exact) mass is 486 g/mol. The summed E-state index contributed by atoms with van der Waals surface area (Å²) in [7, 11) is 1.72. The maximum absolute atomic E-state index is 12.1. The lowest BCUT2D eigenvalue weighted by Gasteiger charge is -2.18. The summed E-state index contributed by atoms with van der Waals surface area (Å²) in [4.78, 5) is 16.3. The Morgan fingerprint density at radius 2 is 1.65 bits per heavy atom. The predicted octanol–water partition coefficient (Wildman–Crippen LogP) is 3.61. The Kier molecular flexibility index (Phi) is 10.0. The summed E-state index contributed by atoms with van der Waals surface area (Å²) in [6, 6.07) is 17.2. The quantitative estimate of drug-likeness (QED) is 0.253. The van der Waals surface area contributed by atoms with Gasteiger partial charge in [-0.05, 0) is 24.6 Å². The number of hydrogen-bond acceptors (Lipinski definition) is 2. The second kappa shape index (κ2) is 11.7.